The summed E-state index contributed by atoms with van der Waals surface area (Å²) in [6.45, 7) is 4.22. The van der Waals surface area contributed by atoms with Crippen LogP contribution in [0.15, 0.2) is 83.5 Å². The SMILES string of the molecule is Cc1cc([C@@H]2[C@@H](c3ccccn3)NC(=S)N2c2ccc(NS(C)(=O)=O)cc2)c(C)n1-c1ccccc1Br. The van der Waals surface area contributed by atoms with Crippen LogP contribution < -0.4 is 14.9 Å². The highest BCUT2D eigenvalue weighted by molar-refractivity contribution is 9.10. The Bertz CT molecular complexity index is 1570. The van der Waals surface area contributed by atoms with E-state index < -0.39 is 10.0 Å². The summed E-state index contributed by atoms with van der Waals surface area (Å²) in [5.74, 6) is 0. The smallest absolute Gasteiger partial charge is 0.229 e. The molecule has 2 aromatic carbocycles. The fourth-order valence-corrected chi connectivity index (χ4v) is 6.32. The van der Waals surface area contributed by atoms with Crippen LogP contribution in [0, 0.1) is 13.8 Å². The molecule has 0 amide bonds. The Kier molecular flexibility index (Phi) is 6.82. The zero-order valence-corrected chi connectivity index (χ0v) is 23.7. The number of sulfonamides is 1. The monoisotopic (exact) mass is 595 g/mol. The summed E-state index contributed by atoms with van der Waals surface area (Å²) in [5.41, 5.74) is 6.62. The molecule has 2 atom stereocenters. The van der Waals surface area contributed by atoms with E-state index >= 15 is 0 Å². The van der Waals surface area contributed by atoms with Crippen LogP contribution in [0.1, 0.15) is 34.7 Å². The number of benzene rings is 2. The highest BCUT2D eigenvalue weighted by Gasteiger charge is 2.42. The van der Waals surface area contributed by atoms with Crippen LogP contribution >= 0.6 is 28.1 Å². The topological polar surface area (TPSA) is 79.3 Å². The summed E-state index contributed by atoms with van der Waals surface area (Å²) in [6.07, 6.45) is 2.92. The van der Waals surface area contributed by atoms with Gasteiger partial charge in [-0.05, 0) is 102 Å². The molecule has 1 aliphatic heterocycles. The van der Waals surface area contributed by atoms with Crippen molar-refractivity contribution in [1.82, 2.24) is 14.9 Å². The Morgan fingerprint density at radius 3 is 2.38 bits per heavy atom. The molecule has 0 spiro atoms. The molecule has 1 saturated heterocycles. The minimum atomic E-state index is -3.37. The van der Waals surface area contributed by atoms with Gasteiger partial charge in [-0.2, -0.15) is 0 Å². The number of para-hydroxylation sites is 1. The van der Waals surface area contributed by atoms with Crippen molar-refractivity contribution in [2.75, 3.05) is 15.9 Å². The van der Waals surface area contributed by atoms with Crippen LogP contribution in [0.5, 0.6) is 0 Å². The molecule has 2 aromatic heterocycles. The van der Waals surface area contributed by atoms with Crippen molar-refractivity contribution in [3.05, 3.63) is 106 Å². The summed E-state index contributed by atoms with van der Waals surface area (Å²) in [6, 6.07) is 23.1. The van der Waals surface area contributed by atoms with Crippen LogP contribution in [-0.4, -0.2) is 29.3 Å². The normalized spacial score (nSPS) is 17.6. The van der Waals surface area contributed by atoms with Gasteiger partial charge in [0.05, 0.1) is 29.7 Å². The number of nitrogens with zero attached hydrogens (tertiary/aromatic N) is 3. The number of hydrogen-bond donors (Lipinski definition) is 2. The van der Waals surface area contributed by atoms with Crippen LogP contribution in [-0.2, 0) is 10.0 Å². The summed E-state index contributed by atoms with van der Waals surface area (Å²) in [4.78, 5) is 6.73. The Labute approximate surface area is 230 Å². The van der Waals surface area contributed by atoms with Gasteiger partial charge in [-0.3, -0.25) is 9.71 Å². The van der Waals surface area contributed by atoms with E-state index in [9.17, 15) is 8.42 Å². The van der Waals surface area contributed by atoms with Crippen molar-refractivity contribution in [3.63, 3.8) is 0 Å². The van der Waals surface area contributed by atoms with Gasteiger partial charge in [0.15, 0.2) is 5.11 Å². The van der Waals surface area contributed by atoms with Gasteiger partial charge in [-0.1, -0.05) is 18.2 Å². The molecule has 0 bridgehead atoms. The molecule has 7 nitrogen and oxygen atoms in total. The maximum Gasteiger partial charge on any atom is 0.229 e. The lowest BCUT2D eigenvalue weighted by atomic mass is 9.96. The maximum atomic E-state index is 11.7. The second-order valence-electron chi connectivity index (χ2n) is 9.03. The van der Waals surface area contributed by atoms with Crippen molar-refractivity contribution < 1.29 is 8.42 Å². The molecule has 0 unspecified atom stereocenters. The van der Waals surface area contributed by atoms with E-state index in [4.69, 9.17) is 12.2 Å². The fourth-order valence-electron chi connectivity index (χ4n) is 4.94. The van der Waals surface area contributed by atoms with Gasteiger partial charge in [0, 0.05) is 33.4 Å². The number of nitrogens with one attached hydrogen (secondary N) is 2. The van der Waals surface area contributed by atoms with E-state index in [1.54, 1.807) is 18.3 Å². The lowest BCUT2D eigenvalue weighted by Gasteiger charge is -2.28. The van der Waals surface area contributed by atoms with E-state index in [-0.39, 0.29) is 12.1 Å². The van der Waals surface area contributed by atoms with Crippen molar-refractivity contribution in [3.8, 4) is 5.69 Å². The zero-order chi connectivity index (χ0) is 26.3. The molecule has 0 radical (unpaired) electrons. The third-order valence-electron chi connectivity index (χ3n) is 6.43. The van der Waals surface area contributed by atoms with Crippen LogP contribution in [0.3, 0.4) is 0 Å². The van der Waals surface area contributed by atoms with E-state index in [0.717, 1.165) is 44.7 Å². The maximum absolute atomic E-state index is 11.7. The van der Waals surface area contributed by atoms with Gasteiger partial charge in [0.25, 0.3) is 0 Å². The number of rotatable bonds is 6. The Balaban J connectivity index is 1.64. The third-order valence-corrected chi connectivity index (χ3v) is 8.02. The number of anilines is 2. The second kappa shape index (κ2) is 9.92. The van der Waals surface area contributed by atoms with Crippen molar-refractivity contribution in [1.29, 1.82) is 0 Å². The largest absolute Gasteiger partial charge is 0.351 e. The average molecular weight is 597 g/mol. The predicted molar refractivity (Wildman–Crippen MR) is 156 cm³/mol. The summed E-state index contributed by atoms with van der Waals surface area (Å²) in [7, 11) is -3.37. The number of pyridine rings is 1. The molecule has 2 N–H and O–H groups in total. The van der Waals surface area contributed by atoms with Crippen molar-refractivity contribution in [2.45, 2.75) is 25.9 Å². The summed E-state index contributed by atoms with van der Waals surface area (Å²) < 4.78 is 29.1. The van der Waals surface area contributed by atoms with E-state index in [1.165, 1.54) is 0 Å². The molecule has 190 valence electrons. The standard InChI is InChI=1S/C27H26BrN5O2S2/c1-17-16-21(18(2)32(17)24-10-5-4-8-22(24)28)26-25(23-9-6-7-15-29-23)30-27(36)33(26)20-13-11-19(12-14-20)31-37(3,34)35/h4-16,25-26,31H,1-3H3,(H,30,36)/t25-,26-/m1/s1. The van der Waals surface area contributed by atoms with Crippen molar-refractivity contribution in [2.24, 2.45) is 0 Å². The minimum Gasteiger partial charge on any atom is -0.351 e. The van der Waals surface area contributed by atoms with E-state index in [1.807, 2.05) is 48.5 Å². The summed E-state index contributed by atoms with van der Waals surface area (Å²) in [5, 5.41) is 4.07. The molecule has 0 saturated carbocycles. The Hall–Kier alpha value is -3.21. The molecule has 10 heteroatoms. The van der Waals surface area contributed by atoms with Gasteiger partial charge in [0.2, 0.25) is 10.0 Å². The van der Waals surface area contributed by atoms with Crippen molar-refractivity contribution >= 4 is 54.7 Å². The molecule has 1 fully saturated rings. The number of thiocarbonyl (C=S) groups is 1. The lowest BCUT2D eigenvalue weighted by molar-refractivity contribution is 0.565. The summed E-state index contributed by atoms with van der Waals surface area (Å²) >= 11 is 9.56. The fraction of sp³-hybridized carbons (Fsp3) is 0.185. The van der Waals surface area contributed by atoms with Gasteiger partial charge < -0.3 is 14.8 Å². The number of aryl methyl sites for hydroxylation is 1. The first-order valence-corrected chi connectivity index (χ1v) is 14.8. The zero-order valence-electron chi connectivity index (χ0n) is 20.5. The highest BCUT2D eigenvalue weighted by atomic mass is 79.9. The molecule has 0 aliphatic carbocycles. The Morgan fingerprint density at radius 1 is 1.03 bits per heavy atom. The predicted octanol–water partition coefficient (Wildman–Crippen LogP) is 5.80. The second-order valence-corrected chi connectivity index (χ2v) is 12.0. The van der Waals surface area contributed by atoms with Crippen LogP contribution in [0.4, 0.5) is 11.4 Å². The first-order valence-electron chi connectivity index (χ1n) is 11.7. The molecular formula is C27H26BrN5O2S2. The third kappa shape index (κ3) is 5.01. The molecule has 3 heterocycles. The van der Waals surface area contributed by atoms with Gasteiger partial charge >= 0.3 is 0 Å². The molecular weight excluding hydrogens is 570 g/mol. The van der Waals surface area contributed by atoms with E-state index in [0.29, 0.717) is 10.8 Å². The minimum absolute atomic E-state index is 0.182. The first-order chi connectivity index (χ1) is 17.6. The lowest BCUT2D eigenvalue weighted by Crippen LogP contribution is -2.29. The molecule has 4 aromatic rings. The Morgan fingerprint density at radius 2 is 1.73 bits per heavy atom. The quantitative estimate of drug-likeness (QED) is 0.274. The number of halogens is 1. The highest BCUT2D eigenvalue weighted by Crippen LogP contribution is 2.44. The number of hydrogen-bond acceptors (Lipinski definition) is 4. The number of aromatic nitrogens is 2. The van der Waals surface area contributed by atoms with Gasteiger partial charge in [0.1, 0.15) is 0 Å². The van der Waals surface area contributed by atoms with Crippen LogP contribution in [0.25, 0.3) is 5.69 Å². The first kappa shape index (κ1) is 25.4. The van der Waals surface area contributed by atoms with Crippen LogP contribution in [0.2, 0.25) is 0 Å². The molecule has 5 rings (SSSR count). The average Bonchev–Trinajstić information content (AvgIpc) is 3.35. The van der Waals surface area contributed by atoms with Gasteiger partial charge in [-0.15, -0.1) is 0 Å². The molecule has 1 aliphatic rings. The van der Waals surface area contributed by atoms with Gasteiger partial charge in [-0.25, -0.2) is 8.42 Å². The molecule has 37 heavy (non-hydrogen) atoms. The van der Waals surface area contributed by atoms with E-state index in [2.05, 4.69) is 66.4 Å².